The van der Waals surface area contributed by atoms with Gasteiger partial charge in [0.1, 0.15) is 11.9 Å². The van der Waals surface area contributed by atoms with Gasteiger partial charge in [0.2, 0.25) is 11.8 Å². The van der Waals surface area contributed by atoms with Gasteiger partial charge in [-0.1, -0.05) is 55.8 Å². The smallest absolute Gasteiger partial charge is 0.242 e. The number of hydrogen-bond acceptors (Lipinski definition) is 2. The minimum Gasteiger partial charge on any atom is -0.354 e. The Bertz CT molecular complexity index is 788. The summed E-state index contributed by atoms with van der Waals surface area (Å²) in [4.78, 5) is 27.4. The fourth-order valence-electron chi connectivity index (χ4n) is 3.22. The zero-order chi connectivity index (χ0) is 21.2. The molecule has 2 rings (SSSR count). The minimum absolute atomic E-state index is 0.0756. The zero-order valence-corrected chi connectivity index (χ0v) is 17.6. The number of nitrogens with zero attached hydrogens (tertiary/aromatic N) is 1. The first-order chi connectivity index (χ1) is 13.9. The molecule has 0 saturated heterocycles. The molecule has 156 valence electrons. The van der Waals surface area contributed by atoms with E-state index in [1.807, 2.05) is 45.0 Å². The molecule has 2 aromatic rings. The van der Waals surface area contributed by atoms with Crippen molar-refractivity contribution < 1.29 is 14.0 Å². The van der Waals surface area contributed by atoms with E-state index in [2.05, 4.69) is 5.32 Å². The SMILES string of the molecule is CCCNC(=O)[C@@H](CC)N(Cc1ccc(F)cc1)C(=O)CCc1ccc(C)cc1. The van der Waals surface area contributed by atoms with Crippen LogP contribution in [0.25, 0.3) is 0 Å². The summed E-state index contributed by atoms with van der Waals surface area (Å²) in [5.41, 5.74) is 3.07. The van der Waals surface area contributed by atoms with Gasteiger partial charge in [0.05, 0.1) is 0 Å². The second kappa shape index (κ2) is 11.3. The molecule has 0 fully saturated rings. The monoisotopic (exact) mass is 398 g/mol. The molecule has 0 aliphatic rings. The lowest BCUT2D eigenvalue weighted by Crippen LogP contribution is -2.49. The van der Waals surface area contributed by atoms with Gasteiger partial charge < -0.3 is 10.2 Å². The molecular weight excluding hydrogens is 367 g/mol. The lowest BCUT2D eigenvalue weighted by molar-refractivity contribution is -0.141. The number of carbonyl (C=O) groups excluding carboxylic acids is 2. The molecule has 0 saturated carbocycles. The van der Waals surface area contributed by atoms with E-state index in [9.17, 15) is 14.0 Å². The minimum atomic E-state index is -0.544. The molecule has 0 heterocycles. The van der Waals surface area contributed by atoms with Crippen LogP contribution in [-0.2, 0) is 22.6 Å². The summed E-state index contributed by atoms with van der Waals surface area (Å²) in [5, 5.41) is 2.90. The van der Waals surface area contributed by atoms with Crippen LogP contribution in [0.1, 0.15) is 49.8 Å². The van der Waals surface area contributed by atoms with Gasteiger partial charge in [0, 0.05) is 19.5 Å². The first-order valence-electron chi connectivity index (χ1n) is 10.3. The van der Waals surface area contributed by atoms with Gasteiger partial charge >= 0.3 is 0 Å². The topological polar surface area (TPSA) is 49.4 Å². The third-order valence-electron chi connectivity index (χ3n) is 4.95. The third kappa shape index (κ3) is 7.00. The number of hydrogen-bond donors (Lipinski definition) is 1. The first kappa shape index (κ1) is 22.6. The maximum absolute atomic E-state index is 13.3. The predicted octanol–water partition coefficient (Wildman–Crippen LogP) is 4.40. The van der Waals surface area contributed by atoms with Gasteiger partial charge in [0.25, 0.3) is 0 Å². The van der Waals surface area contributed by atoms with Crippen molar-refractivity contribution in [3.63, 3.8) is 0 Å². The van der Waals surface area contributed by atoms with E-state index in [1.165, 1.54) is 17.7 Å². The van der Waals surface area contributed by atoms with E-state index in [-0.39, 0.29) is 24.2 Å². The van der Waals surface area contributed by atoms with Crippen molar-refractivity contribution in [2.24, 2.45) is 0 Å². The van der Waals surface area contributed by atoms with Crippen LogP contribution >= 0.6 is 0 Å². The maximum atomic E-state index is 13.3. The Morgan fingerprint density at radius 1 is 1.00 bits per heavy atom. The second-order valence-electron chi connectivity index (χ2n) is 7.35. The van der Waals surface area contributed by atoms with Crippen LogP contribution < -0.4 is 5.32 Å². The van der Waals surface area contributed by atoms with Crippen molar-refractivity contribution in [3.05, 3.63) is 71.0 Å². The summed E-state index contributed by atoms with van der Waals surface area (Å²) in [6.45, 7) is 6.79. The maximum Gasteiger partial charge on any atom is 0.242 e. The van der Waals surface area contributed by atoms with E-state index in [0.29, 0.717) is 25.8 Å². The fourth-order valence-corrected chi connectivity index (χ4v) is 3.22. The Morgan fingerprint density at radius 2 is 1.62 bits per heavy atom. The van der Waals surface area contributed by atoms with Crippen LogP contribution in [0.4, 0.5) is 4.39 Å². The Kier molecular flexibility index (Phi) is 8.84. The van der Waals surface area contributed by atoms with Gasteiger partial charge in [0.15, 0.2) is 0 Å². The van der Waals surface area contributed by atoms with Gasteiger partial charge in [-0.15, -0.1) is 0 Å². The summed E-state index contributed by atoms with van der Waals surface area (Å²) in [7, 11) is 0. The van der Waals surface area contributed by atoms with Crippen LogP contribution in [0.5, 0.6) is 0 Å². The van der Waals surface area contributed by atoms with Gasteiger partial charge in [-0.25, -0.2) is 4.39 Å². The molecule has 0 aromatic heterocycles. The second-order valence-corrected chi connectivity index (χ2v) is 7.35. The van der Waals surface area contributed by atoms with Crippen molar-refractivity contribution in [1.29, 1.82) is 0 Å². The van der Waals surface area contributed by atoms with Crippen LogP contribution in [0.3, 0.4) is 0 Å². The number of halogens is 1. The van der Waals surface area contributed by atoms with Crippen molar-refractivity contribution in [2.75, 3.05) is 6.54 Å². The molecule has 0 aliphatic heterocycles. The van der Waals surface area contributed by atoms with Crippen molar-refractivity contribution in [2.45, 2.75) is 59.0 Å². The van der Waals surface area contributed by atoms with Crippen molar-refractivity contribution in [1.82, 2.24) is 10.2 Å². The normalized spacial score (nSPS) is 11.7. The quantitative estimate of drug-likeness (QED) is 0.645. The number of benzene rings is 2. The average molecular weight is 399 g/mol. The molecule has 1 atom stereocenters. The Morgan fingerprint density at radius 3 is 2.21 bits per heavy atom. The number of rotatable bonds is 10. The highest BCUT2D eigenvalue weighted by Gasteiger charge is 2.28. The van der Waals surface area contributed by atoms with Crippen LogP contribution in [-0.4, -0.2) is 29.3 Å². The summed E-state index contributed by atoms with van der Waals surface area (Å²) >= 11 is 0. The van der Waals surface area contributed by atoms with Gasteiger partial charge in [-0.05, 0) is 49.4 Å². The van der Waals surface area contributed by atoms with Crippen LogP contribution in [0, 0.1) is 12.7 Å². The van der Waals surface area contributed by atoms with E-state index in [1.54, 1.807) is 17.0 Å². The Labute approximate surface area is 173 Å². The highest BCUT2D eigenvalue weighted by atomic mass is 19.1. The molecule has 0 bridgehead atoms. The van der Waals surface area contributed by atoms with Gasteiger partial charge in [-0.3, -0.25) is 9.59 Å². The third-order valence-corrected chi connectivity index (χ3v) is 4.95. The highest BCUT2D eigenvalue weighted by Crippen LogP contribution is 2.16. The van der Waals surface area contributed by atoms with E-state index in [4.69, 9.17) is 0 Å². The number of nitrogens with one attached hydrogen (secondary N) is 1. The largest absolute Gasteiger partial charge is 0.354 e. The molecule has 0 spiro atoms. The molecule has 2 amide bonds. The van der Waals surface area contributed by atoms with E-state index in [0.717, 1.165) is 17.5 Å². The van der Waals surface area contributed by atoms with E-state index < -0.39 is 6.04 Å². The number of amides is 2. The average Bonchev–Trinajstić information content (AvgIpc) is 2.72. The molecule has 0 aliphatic carbocycles. The standard InChI is InChI=1S/C24H31FN2O2/c1-4-16-26-24(29)22(5-2)27(17-20-10-13-21(25)14-11-20)23(28)15-12-19-8-6-18(3)7-9-19/h6-11,13-14,22H,4-5,12,15-17H2,1-3H3,(H,26,29)/t22-/m1/s1. The lowest BCUT2D eigenvalue weighted by Gasteiger charge is -2.30. The number of aryl methyl sites for hydroxylation is 2. The lowest BCUT2D eigenvalue weighted by atomic mass is 10.0. The Hall–Kier alpha value is -2.69. The molecule has 0 unspecified atom stereocenters. The van der Waals surface area contributed by atoms with Crippen molar-refractivity contribution in [3.8, 4) is 0 Å². The molecule has 5 heteroatoms. The van der Waals surface area contributed by atoms with Crippen LogP contribution in [0.15, 0.2) is 48.5 Å². The van der Waals surface area contributed by atoms with Crippen LogP contribution in [0.2, 0.25) is 0 Å². The summed E-state index contributed by atoms with van der Waals surface area (Å²) in [5.74, 6) is -0.535. The Balaban J connectivity index is 2.16. The fraction of sp³-hybridized carbons (Fsp3) is 0.417. The molecule has 29 heavy (non-hydrogen) atoms. The van der Waals surface area contributed by atoms with Gasteiger partial charge in [-0.2, -0.15) is 0 Å². The summed E-state index contributed by atoms with van der Waals surface area (Å²) in [6.07, 6.45) is 2.29. The first-order valence-corrected chi connectivity index (χ1v) is 10.3. The van der Waals surface area contributed by atoms with E-state index >= 15 is 0 Å². The highest BCUT2D eigenvalue weighted by molar-refractivity contribution is 5.87. The van der Waals surface area contributed by atoms with Crippen molar-refractivity contribution >= 4 is 11.8 Å². The summed E-state index contributed by atoms with van der Waals surface area (Å²) < 4.78 is 13.3. The predicted molar refractivity (Wildman–Crippen MR) is 114 cm³/mol. The number of carbonyl (C=O) groups is 2. The molecule has 2 aromatic carbocycles. The summed E-state index contributed by atoms with van der Waals surface area (Å²) in [6, 6.07) is 13.6. The molecular formula is C24H31FN2O2. The molecule has 4 nitrogen and oxygen atoms in total. The molecule has 0 radical (unpaired) electrons. The zero-order valence-electron chi connectivity index (χ0n) is 17.6. The molecule has 1 N–H and O–H groups in total.